The number of cyclic esters (lactones) is 1. The van der Waals surface area contributed by atoms with Crippen molar-refractivity contribution in [2.75, 3.05) is 13.7 Å². The highest BCUT2D eigenvalue weighted by molar-refractivity contribution is 6.99. The molecule has 0 aromatic heterocycles. The second-order valence-electron chi connectivity index (χ2n) is 10.3. The van der Waals surface area contributed by atoms with Crippen molar-refractivity contribution in [3.05, 3.63) is 103 Å². The predicted molar refractivity (Wildman–Crippen MR) is 149 cm³/mol. The summed E-state index contributed by atoms with van der Waals surface area (Å²) >= 11 is 0. The number of esters is 1. The van der Waals surface area contributed by atoms with Crippen LogP contribution in [0, 0.1) is 0 Å². The van der Waals surface area contributed by atoms with Gasteiger partial charge >= 0.3 is 5.97 Å². The summed E-state index contributed by atoms with van der Waals surface area (Å²) in [6, 6.07) is 28.8. The van der Waals surface area contributed by atoms with Crippen LogP contribution in [0.4, 0.5) is 0 Å². The zero-order chi connectivity index (χ0) is 26.3. The molecule has 2 atom stereocenters. The van der Waals surface area contributed by atoms with E-state index in [0.29, 0.717) is 19.6 Å². The zero-order valence-corrected chi connectivity index (χ0v) is 23.1. The summed E-state index contributed by atoms with van der Waals surface area (Å²) in [5.41, 5.74) is 1.01. The van der Waals surface area contributed by atoms with Crippen molar-refractivity contribution < 1.29 is 23.4 Å². The predicted octanol–water partition coefficient (Wildman–Crippen LogP) is 5.03. The highest BCUT2D eigenvalue weighted by Gasteiger charge is 2.50. The van der Waals surface area contributed by atoms with Crippen LogP contribution in [-0.4, -0.2) is 40.2 Å². The van der Waals surface area contributed by atoms with E-state index in [1.165, 1.54) is 16.4 Å². The van der Waals surface area contributed by atoms with Gasteiger partial charge in [0.2, 0.25) is 0 Å². The summed E-state index contributed by atoms with van der Waals surface area (Å²) in [5.74, 6) is 0.446. The number of ether oxygens (including phenoxy) is 3. The number of hydrogen-bond acceptors (Lipinski definition) is 5. The van der Waals surface area contributed by atoms with Crippen LogP contribution < -0.4 is 15.1 Å². The van der Waals surface area contributed by atoms with E-state index in [0.717, 1.165) is 11.3 Å². The van der Waals surface area contributed by atoms with Gasteiger partial charge in [-0.15, -0.1) is 0 Å². The third kappa shape index (κ3) is 6.21. The molecule has 5 nitrogen and oxygen atoms in total. The first kappa shape index (κ1) is 26.9. The van der Waals surface area contributed by atoms with Gasteiger partial charge in [0.15, 0.2) is 0 Å². The molecule has 194 valence electrons. The van der Waals surface area contributed by atoms with Crippen LogP contribution in [0.15, 0.2) is 97.1 Å². The highest BCUT2D eigenvalue weighted by Crippen LogP contribution is 2.37. The Balaban J connectivity index is 1.66. The molecule has 1 heterocycles. The smallest absolute Gasteiger partial charge is 0.330 e. The molecule has 3 aromatic carbocycles. The molecule has 0 amide bonds. The zero-order valence-electron chi connectivity index (χ0n) is 22.1. The van der Waals surface area contributed by atoms with E-state index >= 15 is 0 Å². The van der Waals surface area contributed by atoms with Crippen LogP contribution in [-0.2, 0) is 25.3 Å². The van der Waals surface area contributed by atoms with Crippen LogP contribution in [0.5, 0.6) is 5.75 Å². The molecule has 0 radical (unpaired) electrons. The van der Waals surface area contributed by atoms with Crippen molar-refractivity contribution in [1.29, 1.82) is 0 Å². The minimum absolute atomic E-state index is 0.167. The number of hydrogen-bond donors (Lipinski definition) is 0. The summed E-state index contributed by atoms with van der Waals surface area (Å²) in [5, 5.41) is 2.23. The lowest BCUT2D eigenvalue weighted by Crippen LogP contribution is -2.67. The normalized spacial score (nSPS) is 16.8. The van der Waals surface area contributed by atoms with Gasteiger partial charge in [-0.05, 0) is 33.1 Å². The van der Waals surface area contributed by atoms with Crippen molar-refractivity contribution in [3.8, 4) is 5.75 Å². The number of methoxy groups -OCH3 is 1. The van der Waals surface area contributed by atoms with Gasteiger partial charge < -0.3 is 18.6 Å². The fraction of sp³-hybridized carbons (Fsp3) is 0.323. The molecule has 0 aliphatic carbocycles. The Bertz CT molecular complexity index is 1130. The second-order valence-corrected chi connectivity index (χ2v) is 14.6. The molecule has 1 aliphatic heterocycles. The Labute approximate surface area is 221 Å². The van der Waals surface area contributed by atoms with Crippen LogP contribution in [0.2, 0.25) is 5.04 Å². The van der Waals surface area contributed by atoms with Crippen molar-refractivity contribution in [2.45, 2.75) is 51.0 Å². The lowest BCUT2D eigenvalue weighted by atomic mass is 10.1. The molecule has 0 saturated heterocycles. The summed E-state index contributed by atoms with van der Waals surface area (Å²) in [6.45, 7) is 7.41. The largest absolute Gasteiger partial charge is 0.497 e. The Morgan fingerprint density at radius 3 is 2.03 bits per heavy atom. The highest BCUT2D eigenvalue weighted by atomic mass is 28.4. The molecule has 3 aromatic rings. The fourth-order valence-electron chi connectivity index (χ4n) is 4.92. The number of carbonyl (C=O) groups is 1. The van der Waals surface area contributed by atoms with Gasteiger partial charge in [0.25, 0.3) is 8.32 Å². The Morgan fingerprint density at radius 1 is 0.919 bits per heavy atom. The molecule has 0 spiro atoms. The van der Waals surface area contributed by atoms with Crippen molar-refractivity contribution in [1.82, 2.24) is 0 Å². The molecule has 0 bridgehead atoms. The van der Waals surface area contributed by atoms with Crippen molar-refractivity contribution in [3.63, 3.8) is 0 Å². The van der Waals surface area contributed by atoms with Crippen LogP contribution >= 0.6 is 0 Å². The monoisotopic (exact) mass is 516 g/mol. The number of rotatable bonds is 10. The van der Waals surface area contributed by atoms with E-state index in [1.54, 1.807) is 7.11 Å². The standard InChI is InChI=1S/C31H36O5Si/c1-31(2,3)37(26-12-7-5-8-13-26,27-14-9-6-10-15-27)35-23-29(28-16-11-17-30(32)36-28)34-22-24-18-20-25(33-4)21-19-24/h5-15,17-21,28-29H,16,22-23H2,1-4H3/t28-,29+/m0/s1. The lowest BCUT2D eigenvalue weighted by molar-refractivity contribution is -0.156. The molecule has 0 N–H and O–H groups in total. The van der Waals surface area contributed by atoms with Gasteiger partial charge in [-0.1, -0.05) is 99.6 Å². The molecular weight excluding hydrogens is 480 g/mol. The van der Waals surface area contributed by atoms with Crippen LogP contribution in [0.3, 0.4) is 0 Å². The van der Waals surface area contributed by atoms with E-state index in [1.807, 2.05) is 42.5 Å². The Kier molecular flexibility index (Phi) is 8.64. The first-order chi connectivity index (χ1) is 17.8. The van der Waals surface area contributed by atoms with Gasteiger partial charge in [-0.25, -0.2) is 4.79 Å². The molecule has 37 heavy (non-hydrogen) atoms. The molecule has 4 rings (SSSR count). The molecule has 0 unspecified atom stereocenters. The van der Waals surface area contributed by atoms with Crippen molar-refractivity contribution in [2.24, 2.45) is 0 Å². The van der Waals surface area contributed by atoms with E-state index < -0.39 is 20.5 Å². The maximum Gasteiger partial charge on any atom is 0.330 e. The maximum absolute atomic E-state index is 12.1. The first-order valence-electron chi connectivity index (χ1n) is 12.7. The molecular formula is C31H36O5Si. The SMILES string of the molecule is COc1ccc(CO[C@H](CO[Si](c2ccccc2)(c2ccccc2)C(C)(C)C)[C@@H]2CC=CC(=O)O2)cc1. The topological polar surface area (TPSA) is 54.0 Å². The summed E-state index contributed by atoms with van der Waals surface area (Å²) in [7, 11) is -1.12. The fourth-order valence-corrected chi connectivity index (χ4v) is 9.49. The van der Waals surface area contributed by atoms with Gasteiger partial charge in [0, 0.05) is 12.5 Å². The minimum atomic E-state index is -2.77. The van der Waals surface area contributed by atoms with E-state index in [2.05, 4.69) is 69.3 Å². The summed E-state index contributed by atoms with van der Waals surface area (Å²) < 4.78 is 24.5. The Morgan fingerprint density at radius 2 is 1.51 bits per heavy atom. The van der Waals surface area contributed by atoms with Gasteiger partial charge in [-0.2, -0.15) is 0 Å². The number of benzene rings is 3. The quantitative estimate of drug-likeness (QED) is 0.280. The first-order valence-corrected chi connectivity index (χ1v) is 14.6. The second kappa shape index (κ2) is 11.9. The average molecular weight is 517 g/mol. The molecule has 0 saturated carbocycles. The lowest BCUT2D eigenvalue weighted by Gasteiger charge is -2.44. The molecule has 1 aliphatic rings. The van der Waals surface area contributed by atoms with E-state index in [-0.39, 0.29) is 11.0 Å². The van der Waals surface area contributed by atoms with Gasteiger partial charge in [-0.3, -0.25) is 0 Å². The minimum Gasteiger partial charge on any atom is -0.497 e. The third-order valence-electron chi connectivity index (χ3n) is 6.81. The number of carbonyl (C=O) groups excluding carboxylic acids is 1. The molecule has 0 fully saturated rings. The van der Waals surface area contributed by atoms with Gasteiger partial charge in [0.1, 0.15) is 18.0 Å². The molecule has 6 heteroatoms. The van der Waals surface area contributed by atoms with Crippen molar-refractivity contribution >= 4 is 24.7 Å². The van der Waals surface area contributed by atoms with Gasteiger partial charge in [0.05, 0.1) is 20.3 Å². The Hall–Kier alpha value is -3.19. The summed E-state index contributed by atoms with van der Waals surface area (Å²) in [4.78, 5) is 12.1. The van der Waals surface area contributed by atoms with E-state index in [9.17, 15) is 4.79 Å². The van der Waals surface area contributed by atoms with Crippen LogP contribution in [0.1, 0.15) is 32.8 Å². The maximum atomic E-state index is 12.1. The third-order valence-corrected chi connectivity index (χ3v) is 11.8. The van der Waals surface area contributed by atoms with Crippen LogP contribution in [0.25, 0.3) is 0 Å². The van der Waals surface area contributed by atoms with E-state index in [4.69, 9.17) is 18.6 Å². The average Bonchev–Trinajstić information content (AvgIpc) is 2.91. The summed E-state index contributed by atoms with van der Waals surface area (Å²) in [6.07, 6.45) is 3.05.